The molecule has 3 rings (SSSR count). The van der Waals surface area contributed by atoms with Crippen molar-refractivity contribution in [2.45, 2.75) is 71.8 Å². The van der Waals surface area contributed by atoms with Gasteiger partial charge in [0.2, 0.25) is 0 Å². The van der Waals surface area contributed by atoms with Gasteiger partial charge in [-0.1, -0.05) is 27.2 Å². The largest absolute Gasteiger partial charge is 0.481 e. The van der Waals surface area contributed by atoms with Crippen LogP contribution < -0.4 is 0 Å². The van der Waals surface area contributed by atoms with E-state index in [2.05, 4.69) is 6.92 Å². The van der Waals surface area contributed by atoms with Crippen molar-refractivity contribution >= 4 is 11.8 Å². The third kappa shape index (κ3) is 2.50. The summed E-state index contributed by atoms with van der Waals surface area (Å²) in [5, 5.41) is 19.4. The van der Waals surface area contributed by atoms with E-state index in [4.69, 9.17) is 4.89 Å². The van der Waals surface area contributed by atoms with Gasteiger partial charge in [-0.3, -0.25) is 14.8 Å². The maximum Gasteiger partial charge on any atom is 0.309 e. The standard InChI is InChI=1S/C20H30O5/c1-12(2)20(25-24)9-6-14-13(11-20)15(21)10-16-18(14,3)7-5-8-19(16,4)17(22)23/h11-12,14,16,24H,5-10H2,1-4H3,(H,22,23)/t14-,16-,18-,19-,20-/m1/s1. The number of carboxylic acids is 1. The average molecular weight is 350 g/mol. The minimum Gasteiger partial charge on any atom is -0.481 e. The van der Waals surface area contributed by atoms with E-state index in [0.29, 0.717) is 12.8 Å². The van der Waals surface area contributed by atoms with Gasteiger partial charge in [0.1, 0.15) is 5.60 Å². The van der Waals surface area contributed by atoms with Crippen LogP contribution >= 0.6 is 0 Å². The first-order chi connectivity index (χ1) is 11.6. The van der Waals surface area contributed by atoms with Crippen LogP contribution in [0.3, 0.4) is 0 Å². The minimum atomic E-state index is -0.839. The molecule has 0 heterocycles. The summed E-state index contributed by atoms with van der Waals surface area (Å²) >= 11 is 0. The Morgan fingerprint density at radius 3 is 2.52 bits per heavy atom. The average Bonchev–Trinajstić information content (AvgIpc) is 2.56. The van der Waals surface area contributed by atoms with E-state index in [9.17, 15) is 20.0 Å². The van der Waals surface area contributed by atoms with Crippen molar-refractivity contribution in [3.8, 4) is 0 Å². The highest BCUT2D eigenvalue weighted by molar-refractivity contribution is 5.98. The van der Waals surface area contributed by atoms with Gasteiger partial charge < -0.3 is 5.11 Å². The predicted molar refractivity (Wildman–Crippen MR) is 92.9 cm³/mol. The van der Waals surface area contributed by atoms with Gasteiger partial charge in [0.25, 0.3) is 0 Å². The summed E-state index contributed by atoms with van der Waals surface area (Å²) in [4.78, 5) is 29.8. The van der Waals surface area contributed by atoms with Crippen LogP contribution in [0.1, 0.15) is 66.2 Å². The van der Waals surface area contributed by atoms with Crippen LogP contribution in [0.4, 0.5) is 0 Å². The van der Waals surface area contributed by atoms with Crippen LogP contribution in [-0.4, -0.2) is 27.7 Å². The molecule has 0 aromatic heterocycles. The van der Waals surface area contributed by atoms with Crippen molar-refractivity contribution in [3.05, 3.63) is 11.6 Å². The Morgan fingerprint density at radius 2 is 1.96 bits per heavy atom. The van der Waals surface area contributed by atoms with Crippen molar-refractivity contribution in [3.63, 3.8) is 0 Å². The number of hydrogen-bond acceptors (Lipinski definition) is 4. The highest BCUT2D eigenvalue weighted by Gasteiger charge is 2.61. The van der Waals surface area contributed by atoms with Crippen LogP contribution in [0, 0.1) is 28.6 Å². The quantitative estimate of drug-likeness (QED) is 0.592. The van der Waals surface area contributed by atoms with Crippen molar-refractivity contribution in [1.29, 1.82) is 0 Å². The molecule has 5 heteroatoms. The van der Waals surface area contributed by atoms with E-state index in [1.54, 1.807) is 0 Å². The Labute approximate surface area is 149 Å². The highest BCUT2D eigenvalue weighted by Crippen LogP contribution is 2.63. The second kappa shape index (κ2) is 5.92. The first-order valence-corrected chi connectivity index (χ1v) is 9.42. The lowest BCUT2D eigenvalue weighted by Gasteiger charge is -2.58. The molecule has 25 heavy (non-hydrogen) atoms. The van der Waals surface area contributed by atoms with Crippen molar-refractivity contribution in [1.82, 2.24) is 0 Å². The molecule has 0 bridgehead atoms. The lowest BCUT2D eigenvalue weighted by atomic mass is 9.45. The number of hydrogen-bond donors (Lipinski definition) is 2. The molecule has 3 aliphatic carbocycles. The summed E-state index contributed by atoms with van der Waals surface area (Å²) in [5.74, 6) is -0.777. The maximum atomic E-state index is 13.0. The summed E-state index contributed by atoms with van der Waals surface area (Å²) in [6, 6.07) is 0. The first-order valence-electron chi connectivity index (χ1n) is 9.42. The number of aliphatic carboxylic acids is 1. The summed E-state index contributed by atoms with van der Waals surface area (Å²) in [6.45, 7) is 7.95. The molecule has 0 aliphatic heterocycles. The van der Waals surface area contributed by atoms with E-state index < -0.39 is 17.0 Å². The van der Waals surface area contributed by atoms with Gasteiger partial charge in [0.15, 0.2) is 5.78 Å². The van der Waals surface area contributed by atoms with Gasteiger partial charge in [0, 0.05) is 6.42 Å². The second-order valence-electron chi connectivity index (χ2n) is 9.15. The van der Waals surface area contributed by atoms with Crippen LogP contribution in [0.5, 0.6) is 0 Å². The monoisotopic (exact) mass is 350 g/mol. The van der Waals surface area contributed by atoms with Crippen molar-refractivity contribution < 1.29 is 24.8 Å². The zero-order chi connectivity index (χ0) is 18.6. The fourth-order valence-corrected chi connectivity index (χ4v) is 5.90. The van der Waals surface area contributed by atoms with E-state index in [0.717, 1.165) is 24.8 Å². The molecule has 0 amide bonds. The van der Waals surface area contributed by atoms with Gasteiger partial charge in [0.05, 0.1) is 5.41 Å². The molecule has 140 valence electrons. The van der Waals surface area contributed by atoms with E-state index >= 15 is 0 Å². The molecule has 0 saturated heterocycles. The number of carbonyl (C=O) groups excluding carboxylic acids is 1. The molecular formula is C20H30O5. The third-order valence-electron chi connectivity index (χ3n) is 7.72. The number of ketones is 1. The molecule has 5 atom stereocenters. The Bertz CT molecular complexity index is 624. The molecule has 0 radical (unpaired) electrons. The zero-order valence-electron chi connectivity index (χ0n) is 15.7. The number of Topliss-reactive ketones (excluding diaryl/α,β-unsaturated/α-hetero) is 1. The van der Waals surface area contributed by atoms with E-state index in [1.165, 1.54) is 0 Å². The SMILES string of the molecule is CC(C)[C@]1(OO)C=C2C(=O)C[C@@H]3[C@](C)(CCC[C@@]3(C)C(=O)O)[C@@H]2CC1. The van der Waals surface area contributed by atoms with Crippen LogP contribution in [-0.2, 0) is 14.5 Å². The first kappa shape index (κ1) is 18.6. The van der Waals surface area contributed by atoms with Crippen LogP contribution in [0.15, 0.2) is 11.6 Å². The second-order valence-corrected chi connectivity index (χ2v) is 9.15. The molecule has 0 unspecified atom stereocenters. The summed E-state index contributed by atoms with van der Waals surface area (Å²) in [6.07, 6.45) is 5.98. The van der Waals surface area contributed by atoms with Crippen LogP contribution in [0.2, 0.25) is 0 Å². The number of fused-ring (bicyclic) bond motifs is 3. The van der Waals surface area contributed by atoms with Crippen molar-refractivity contribution in [2.75, 3.05) is 0 Å². The summed E-state index contributed by atoms with van der Waals surface area (Å²) in [7, 11) is 0. The summed E-state index contributed by atoms with van der Waals surface area (Å²) in [5.41, 5.74) is -1.09. The lowest BCUT2D eigenvalue weighted by molar-refractivity contribution is -0.323. The number of carboxylic acid groups (broad SMARTS) is 1. The van der Waals surface area contributed by atoms with Gasteiger partial charge in [-0.15, -0.1) is 0 Å². The van der Waals surface area contributed by atoms with Gasteiger partial charge in [-0.2, -0.15) is 0 Å². The third-order valence-corrected chi connectivity index (χ3v) is 7.72. The molecule has 2 fully saturated rings. The Balaban J connectivity index is 2.06. The minimum absolute atomic E-state index is 0.0311. The Kier molecular flexibility index (Phi) is 4.40. The topological polar surface area (TPSA) is 83.8 Å². The Hall–Kier alpha value is -1.20. The number of rotatable bonds is 3. The predicted octanol–water partition coefficient (Wildman–Crippen LogP) is 4.08. The molecule has 5 nitrogen and oxygen atoms in total. The van der Waals surface area contributed by atoms with Gasteiger partial charge >= 0.3 is 5.97 Å². The van der Waals surface area contributed by atoms with Gasteiger partial charge in [-0.25, -0.2) is 4.89 Å². The summed E-state index contributed by atoms with van der Waals surface area (Å²) < 4.78 is 0. The molecular weight excluding hydrogens is 320 g/mol. The van der Waals surface area contributed by atoms with E-state index in [1.807, 2.05) is 26.8 Å². The molecule has 0 spiro atoms. The van der Waals surface area contributed by atoms with E-state index in [-0.39, 0.29) is 35.4 Å². The zero-order valence-corrected chi connectivity index (χ0v) is 15.7. The highest BCUT2D eigenvalue weighted by atomic mass is 17.1. The van der Waals surface area contributed by atoms with Crippen molar-refractivity contribution in [2.24, 2.45) is 28.6 Å². The molecule has 0 aromatic carbocycles. The number of carbonyl (C=O) groups is 2. The smallest absolute Gasteiger partial charge is 0.309 e. The molecule has 2 saturated carbocycles. The fraction of sp³-hybridized carbons (Fsp3) is 0.800. The van der Waals surface area contributed by atoms with Gasteiger partial charge in [-0.05, 0) is 67.4 Å². The van der Waals surface area contributed by atoms with Crippen LogP contribution in [0.25, 0.3) is 0 Å². The number of allylic oxidation sites excluding steroid dienone is 1. The normalized spacial score (nSPS) is 44.1. The fourth-order valence-electron chi connectivity index (χ4n) is 5.90. The lowest BCUT2D eigenvalue weighted by Crippen LogP contribution is -2.57. The molecule has 3 aliphatic rings. The molecule has 0 aromatic rings. The maximum absolute atomic E-state index is 13.0. The Morgan fingerprint density at radius 1 is 1.28 bits per heavy atom. The molecule has 2 N–H and O–H groups in total.